The molecule has 10 heteroatoms. The summed E-state index contributed by atoms with van der Waals surface area (Å²) in [4.78, 5) is 34.8. The first-order valence-corrected chi connectivity index (χ1v) is 14.8. The molecule has 0 aliphatic carbocycles. The average Bonchev–Trinajstić information content (AvgIpc) is 3.29. The van der Waals surface area contributed by atoms with Gasteiger partial charge in [-0.15, -0.1) is 0 Å². The number of nitrogens with zero attached hydrogens (tertiary/aromatic N) is 3. The monoisotopic (exact) mass is 569 g/mol. The van der Waals surface area contributed by atoms with E-state index in [1.165, 1.54) is 0 Å². The maximum atomic E-state index is 14.1. The molecule has 0 N–H and O–H groups in total. The van der Waals surface area contributed by atoms with Crippen LogP contribution in [0, 0.1) is 0 Å². The number of hydrogen-bond acceptors (Lipinski definition) is 5. The van der Waals surface area contributed by atoms with E-state index in [1.54, 1.807) is 70.5 Å². The second-order valence-electron chi connectivity index (χ2n) is 9.46. The fourth-order valence-electron chi connectivity index (χ4n) is 4.87. The molecule has 2 atom stereocenters. The van der Waals surface area contributed by atoms with Crippen LogP contribution in [0.4, 0.5) is 4.79 Å². The van der Waals surface area contributed by atoms with Crippen LogP contribution in [0.2, 0.25) is 10.0 Å². The maximum Gasteiger partial charge on any atom is 0.326 e. The molecule has 0 aromatic heterocycles. The third-order valence-electron chi connectivity index (χ3n) is 6.76. The van der Waals surface area contributed by atoms with Gasteiger partial charge in [-0.3, -0.25) is 14.7 Å². The Hall–Kier alpha value is -3.20. The number of carbonyl (C=O) groups is 2. The Bertz CT molecular complexity index is 1510. The first-order valence-electron chi connectivity index (χ1n) is 12.1. The number of benzene rings is 3. The highest BCUT2D eigenvalue weighted by Gasteiger charge is 2.44. The Balaban J connectivity index is 1.66. The molecule has 3 aromatic carbocycles. The lowest BCUT2D eigenvalue weighted by Gasteiger charge is -2.35. The molecule has 0 bridgehead atoms. The Morgan fingerprint density at radius 2 is 1.47 bits per heavy atom. The summed E-state index contributed by atoms with van der Waals surface area (Å²) in [6.07, 6.45) is 2.22. The van der Waals surface area contributed by atoms with E-state index >= 15 is 0 Å². The van der Waals surface area contributed by atoms with E-state index < -0.39 is 21.9 Å². The summed E-state index contributed by atoms with van der Waals surface area (Å²) in [5, 5.41) is 1.10. The Kier molecular flexibility index (Phi) is 7.31. The number of amides is 2. The van der Waals surface area contributed by atoms with Crippen LogP contribution in [0.25, 0.3) is 0 Å². The highest BCUT2D eigenvalue weighted by molar-refractivity contribution is 7.90. The molecular weight excluding hydrogens is 545 g/mol. The van der Waals surface area contributed by atoms with Gasteiger partial charge in [0, 0.05) is 34.8 Å². The quantitative estimate of drug-likeness (QED) is 0.401. The molecule has 2 heterocycles. The Labute approximate surface area is 231 Å². The van der Waals surface area contributed by atoms with Gasteiger partial charge in [0.25, 0.3) is 0 Å². The van der Waals surface area contributed by atoms with Crippen molar-refractivity contribution >= 4 is 50.7 Å². The minimum Gasteiger partial charge on any atom is -0.317 e. The summed E-state index contributed by atoms with van der Waals surface area (Å²) in [6, 6.07) is 19.4. The van der Waals surface area contributed by atoms with Crippen LogP contribution in [-0.4, -0.2) is 55.2 Å². The van der Waals surface area contributed by atoms with Crippen molar-refractivity contribution in [2.45, 2.75) is 29.8 Å². The number of hydrogen-bond donors (Lipinski definition) is 0. The first-order chi connectivity index (χ1) is 18.1. The number of sulfone groups is 1. The second kappa shape index (κ2) is 10.5. The van der Waals surface area contributed by atoms with Crippen LogP contribution in [0.1, 0.15) is 41.6 Å². The lowest BCUT2D eigenvalue weighted by Crippen LogP contribution is -2.50. The van der Waals surface area contributed by atoms with Gasteiger partial charge in [-0.25, -0.2) is 13.2 Å². The molecule has 2 aliphatic rings. The molecule has 1 fully saturated rings. The van der Waals surface area contributed by atoms with E-state index in [9.17, 15) is 18.0 Å². The standard InChI is InChI=1S/C28H25Cl2N3O4S/c1-38(36,37)24-14-8-18(9-15-24)25-26(19-4-10-21(29)11-5-19)33(28(35)32-16-2-3-23(34)17-32)27(31-25)20-6-12-22(30)13-7-20/h4-15,25-26H,2-3,16-17H2,1H3. The van der Waals surface area contributed by atoms with Gasteiger partial charge >= 0.3 is 6.03 Å². The predicted molar refractivity (Wildman–Crippen MR) is 148 cm³/mol. The maximum absolute atomic E-state index is 14.1. The Morgan fingerprint density at radius 3 is 2.05 bits per heavy atom. The third kappa shape index (κ3) is 5.34. The molecule has 196 valence electrons. The van der Waals surface area contributed by atoms with Crippen molar-refractivity contribution in [1.82, 2.24) is 9.80 Å². The largest absolute Gasteiger partial charge is 0.326 e. The van der Waals surface area contributed by atoms with Gasteiger partial charge in [-0.1, -0.05) is 47.5 Å². The molecule has 0 spiro atoms. The van der Waals surface area contributed by atoms with Crippen molar-refractivity contribution in [3.8, 4) is 0 Å². The molecule has 2 unspecified atom stereocenters. The van der Waals surface area contributed by atoms with Gasteiger partial charge < -0.3 is 4.90 Å². The smallest absolute Gasteiger partial charge is 0.317 e. The summed E-state index contributed by atoms with van der Waals surface area (Å²) in [5.41, 5.74) is 2.24. The summed E-state index contributed by atoms with van der Waals surface area (Å²) in [5.74, 6) is 0.464. The van der Waals surface area contributed by atoms with Crippen LogP contribution in [-0.2, 0) is 14.6 Å². The van der Waals surface area contributed by atoms with E-state index in [2.05, 4.69) is 0 Å². The average molecular weight is 570 g/mol. The molecular formula is C28H25Cl2N3O4S. The topological polar surface area (TPSA) is 87.1 Å². The fourth-order valence-corrected chi connectivity index (χ4v) is 5.76. The lowest BCUT2D eigenvalue weighted by molar-refractivity contribution is -0.121. The van der Waals surface area contributed by atoms with Gasteiger partial charge in [0.05, 0.1) is 17.5 Å². The van der Waals surface area contributed by atoms with E-state index in [0.717, 1.165) is 17.4 Å². The van der Waals surface area contributed by atoms with Crippen LogP contribution in [0.5, 0.6) is 0 Å². The lowest BCUT2D eigenvalue weighted by atomic mass is 9.93. The highest BCUT2D eigenvalue weighted by atomic mass is 35.5. The molecule has 1 saturated heterocycles. The summed E-state index contributed by atoms with van der Waals surface area (Å²) >= 11 is 12.3. The molecule has 5 rings (SSSR count). The predicted octanol–water partition coefficient (Wildman–Crippen LogP) is 5.73. The van der Waals surface area contributed by atoms with E-state index in [4.69, 9.17) is 28.2 Å². The van der Waals surface area contributed by atoms with Crippen molar-refractivity contribution in [3.63, 3.8) is 0 Å². The molecule has 0 radical (unpaired) electrons. The van der Waals surface area contributed by atoms with Crippen LogP contribution in [0.3, 0.4) is 0 Å². The van der Waals surface area contributed by atoms with E-state index in [0.29, 0.717) is 40.8 Å². The number of piperidine rings is 1. The number of carbonyl (C=O) groups excluding carboxylic acids is 2. The van der Waals surface area contributed by atoms with E-state index in [-0.39, 0.29) is 23.3 Å². The summed E-state index contributed by atoms with van der Waals surface area (Å²) in [7, 11) is -3.38. The number of amidine groups is 1. The molecule has 2 amide bonds. The van der Waals surface area contributed by atoms with Crippen molar-refractivity contribution in [1.29, 1.82) is 0 Å². The SMILES string of the molecule is CS(=O)(=O)c1ccc(C2N=C(c3ccc(Cl)cc3)N(C(=O)N3CCCC(=O)C3)C2c2ccc(Cl)cc2)cc1. The highest BCUT2D eigenvalue weighted by Crippen LogP contribution is 2.44. The molecule has 3 aromatic rings. The third-order valence-corrected chi connectivity index (χ3v) is 8.39. The van der Waals surface area contributed by atoms with Gasteiger partial charge in [0.15, 0.2) is 15.6 Å². The zero-order valence-corrected chi connectivity index (χ0v) is 22.9. The molecule has 7 nitrogen and oxygen atoms in total. The number of aliphatic imine (C=N–C) groups is 1. The second-order valence-corrected chi connectivity index (χ2v) is 12.3. The number of halogens is 2. The minimum atomic E-state index is -3.38. The van der Waals surface area contributed by atoms with Crippen LogP contribution < -0.4 is 0 Å². The number of ketones is 1. The van der Waals surface area contributed by atoms with E-state index in [1.807, 2.05) is 12.1 Å². The van der Waals surface area contributed by atoms with Crippen LogP contribution >= 0.6 is 23.2 Å². The first kappa shape index (κ1) is 26.4. The molecule has 2 aliphatic heterocycles. The number of urea groups is 1. The van der Waals surface area contributed by atoms with Gasteiger partial charge in [-0.05, 0) is 66.1 Å². The molecule has 38 heavy (non-hydrogen) atoms. The normalized spacial score (nSPS) is 20.0. The van der Waals surface area contributed by atoms with Crippen molar-refractivity contribution in [2.24, 2.45) is 4.99 Å². The Morgan fingerprint density at radius 1 is 0.895 bits per heavy atom. The van der Waals surface area contributed by atoms with Crippen LogP contribution in [0.15, 0.2) is 82.7 Å². The molecule has 0 saturated carbocycles. The van der Waals surface area contributed by atoms with Crippen molar-refractivity contribution in [3.05, 3.63) is 99.5 Å². The van der Waals surface area contributed by atoms with Crippen molar-refractivity contribution < 1.29 is 18.0 Å². The van der Waals surface area contributed by atoms with Crippen molar-refractivity contribution in [2.75, 3.05) is 19.3 Å². The number of likely N-dealkylation sites (tertiary alicyclic amines) is 1. The number of rotatable bonds is 4. The zero-order chi connectivity index (χ0) is 27.0. The summed E-state index contributed by atoms with van der Waals surface area (Å²) in [6.45, 7) is 0.514. The minimum absolute atomic E-state index is 0.0183. The zero-order valence-electron chi connectivity index (χ0n) is 20.6. The number of Topliss-reactive ketones (excluding diaryl/α,β-unsaturated/α-hetero) is 1. The van der Waals surface area contributed by atoms with Gasteiger partial charge in [-0.2, -0.15) is 0 Å². The van der Waals surface area contributed by atoms with Gasteiger partial charge in [0.1, 0.15) is 11.9 Å². The fraction of sp³-hybridized carbons (Fsp3) is 0.250. The summed E-state index contributed by atoms with van der Waals surface area (Å²) < 4.78 is 24.1. The van der Waals surface area contributed by atoms with Gasteiger partial charge in [0.2, 0.25) is 0 Å².